The minimum atomic E-state index is -4.16. The summed E-state index contributed by atoms with van der Waals surface area (Å²) in [7, 11) is -1.30. The topological polar surface area (TPSA) is 119 Å². The van der Waals surface area contributed by atoms with E-state index in [2.05, 4.69) is 10.0 Å². The van der Waals surface area contributed by atoms with Crippen molar-refractivity contribution in [2.75, 3.05) is 0 Å². The van der Waals surface area contributed by atoms with Gasteiger partial charge in [-0.1, -0.05) is 56.0 Å². The Morgan fingerprint density at radius 3 is 2.31 bits per heavy atom. The number of carbonyl (C=O) groups excluding carboxylic acids is 1. The Balaban J connectivity index is 1.65. The third-order valence-electron chi connectivity index (χ3n) is 6.85. The van der Waals surface area contributed by atoms with E-state index in [1.807, 2.05) is 30.3 Å². The van der Waals surface area contributed by atoms with Crippen molar-refractivity contribution < 1.29 is 13.2 Å². The standard InChI is InChI=1S/C26H32N4O5S/c1-29-23-15-14-20(17-21(23)25(32)30(2)26(29)33)36(34,35)28-22(16-18-10-6-5-7-11-18)24(31)27-19-12-8-3-4-9-13-19/h5-7,10-11,14-15,17,19,22,28H,3-4,8-9,12-13,16H2,1-2H3,(H,27,31)/t22-/m0/s1. The Bertz CT molecular complexity index is 1470. The van der Waals surface area contributed by atoms with Gasteiger partial charge in [0.15, 0.2) is 0 Å². The van der Waals surface area contributed by atoms with E-state index in [0.717, 1.165) is 48.7 Å². The molecule has 1 saturated carbocycles. The molecule has 0 bridgehead atoms. The number of aromatic nitrogens is 2. The van der Waals surface area contributed by atoms with Crippen LogP contribution in [0.1, 0.15) is 44.1 Å². The van der Waals surface area contributed by atoms with Crippen LogP contribution in [-0.4, -0.2) is 35.5 Å². The summed E-state index contributed by atoms with van der Waals surface area (Å²) in [5.41, 5.74) is 0.0639. The molecular weight excluding hydrogens is 480 g/mol. The number of nitrogens with one attached hydrogen (secondary N) is 2. The molecule has 1 aliphatic rings. The normalized spacial score (nSPS) is 15.9. The Morgan fingerprint density at radius 2 is 1.64 bits per heavy atom. The molecule has 0 aliphatic heterocycles. The average Bonchev–Trinajstić information content (AvgIpc) is 3.14. The first kappa shape index (κ1) is 25.8. The first-order chi connectivity index (χ1) is 17.2. The van der Waals surface area contributed by atoms with E-state index >= 15 is 0 Å². The molecule has 9 nitrogen and oxygen atoms in total. The fraction of sp³-hybridized carbons (Fsp3) is 0.423. The molecule has 1 aromatic heterocycles. The van der Waals surface area contributed by atoms with E-state index in [0.29, 0.717) is 5.52 Å². The van der Waals surface area contributed by atoms with Gasteiger partial charge in [0.05, 0.1) is 15.8 Å². The molecule has 0 saturated heterocycles. The molecule has 1 amide bonds. The molecule has 1 atom stereocenters. The average molecular weight is 513 g/mol. The number of rotatable bonds is 7. The second-order valence-electron chi connectivity index (χ2n) is 9.45. The van der Waals surface area contributed by atoms with Crippen molar-refractivity contribution in [3.8, 4) is 0 Å². The lowest BCUT2D eigenvalue weighted by molar-refractivity contribution is -0.123. The zero-order valence-electron chi connectivity index (χ0n) is 20.6. The first-order valence-electron chi connectivity index (χ1n) is 12.2. The third kappa shape index (κ3) is 5.60. The van der Waals surface area contributed by atoms with Gasteiger partial charge in [-0.05, 0) is 43.0 Å². The Kier molecular flexibility index (Phi) is 7.75. The fourth-order valence-electron chi connectivity index (χ4n) is 4.76. The van der Waals surface area contributed by atoms with Crippen LogP contribution in [0.3, 0.4) is 0 Å². The highest BCUT2D eigenvalue weighted by Crippen LogP contribution is 2.19. The highest BCUT2D eigenvalue weighted by Gasteiger charge is 2.28. The monoisotopic (exact) mass is 512 g/mol. The van der Waals surface area contributed by atoms with Crippen LogP contribution in [0.5, 0.6) is 0 Å². The van der Waals surface area contributed by atoms with Gasteiger partial charge in [0.1, 0.15) is 6.04 Å². The van der Waals surface area contributed by atoms with Crippen molar-refractivity contribution in [2.45, 2.75) is 61.9 Å². The van der Waals surface area contributed by atoms with E-state index in [-0.39, 0.29) is 28.7 Å². The van der Waals surface area contributed by atoms with Crippen LogP contribution in [-0.2, 0) is 35.3 Å². The lowest BCUT2D eigenvalue weighted by Crippen LogP contribution is -2.50. The zero-order chi connectivity index (χ0) is 25.9. The number of benzene rings is 2. The number of hydrogen-bond acceptors (Lipinski definition) is 5. The summed E-state index contributed by atoms with van der Waals surface area (Å²) >= 11 is 0. The highest BCUT2D eigenvalue weighted by atomic mass is 32.2. The number of fused-ring (bicyclic) bond motifs is 1. The van der Waals surface area contributed by atoms with Gasteiger partial charge in [0.25, 0.3) is 5.56 Å². The zero-order valence-corrected chi connectivity index (χ0v) is 21.4. The molecule has 4 rings (SSSR count). The summed E-state index contributed by atoms with van der Waals surface area (Å²) in [4.78, 5) is 38.0. The maximum absolute atomic E-state index is 13.4. The second-order valence-corrected chi connectivity index (χ2v) is 11.2. The predicted octanol–water partition coefficient (Wildman–Crippen LogP) is 1.97. The van der Waals surface area contributed by atoms with Gasteiger partial charge in [-0.2, -0.15) is 4.72 Å². The molecule has 1 fully saturated rings. The largest absolute Gasteiger partial charge is 0.352 e. The quantitative estimate of drug-likeness (QED) is 0.469. The number of sulfonamides is 1. The summed E-state index contributed by atoms with van der Waals surface area (Å²) in [5, 5.41) is 3.16. The van der Waals surface area contributed by atoms with Crippen LogP contribution in [0, 0.1) is 0 Å². The number of carbonyl (C=O) groups is 1. The number of nitrogens with zero attached hydrogens (tertiary/aromatic N) is 2. The van der Waals surface area contributed by atoms with Gasteiger partial charge < -0.3 is 5.32 Å². The van der Waals surface area contributed by atoms with Crippen LogP contribution in [0.25, 0.3) is 10.9 Å². The van der Waals surface area contributed by atoms with Gasteiger partial charge in [0, 0.05) is 20.1 Å². The molecule has 0 radical (unpaired) electrons. The molecular formula is C26H32N4O5S. The summed E-state index contributed by atoms with van der Waals surface area (Å²) in [6.07, 6.45) is 6.29. The van der Waals surface area contributed by atoms with Gasteiger partial charge in [-0.3, -0.25) is 18.7 Å². The Labute approximate surface area is 210 Å². The van der Waals surface area contributed by atoms with Crippen LogP contribution < -0.4 is 21.3 Å². The summed E-state index contributed by atoms with van der Waals surface area (Å²) in [6.45, 7) is 0. The molecule has 2 aromatic carbocycles. The van der Waals surface area contributed by atoms with Crippen molar-refractivity contribution >= 4 is 26.8 Å². The van der Waals surface area contributed by atoms with E-state index in [1.165, 1.54) is 36.9 Å². The molecule has 0 unspecified atom stereocenters. The molecule has 192 valence electrons. The summed E-state index contributed by atoms with van der Waals surface area (Å²) < 4.78 is 31.6. The SMILES string of the molecule is Cn1c(=O)c2cc(S(=O)(=O)N[C@@H](Cc3ccccc3)C(=O)NC3CCCCCC3)ccc2n(C)c1=O. The molecule has 1 aliphatic carbocycles. The number of aryl methyl sites for hydroxylation is 1. The van der Waals surface area contributed by atoms with Gasteiger partial charge >= 0.3 is 5.69 Å². The molecule has 0 spiro atoms. The molecule has 1 heterocycles. The van der Waals surface area contributed by atoms with Crippen molar-refractivity contribution in [3.05, 3.63) is 74.9 Å². The fourth-order valence-corrected chi connectivity index (χ4v) is 5.98. The van der Waals surface area contributed by atoms with Crippen LogP contribution >= 0.6 is 0 Å². The first-order valence-corrected chi connectivity index (χ1v) is 13.7. The molecule has 3 aromatic rings. The van der Waals surface area contributed by atoms with Crippen LogP contribution in [0.4, 0.5) is 0 Å². The van der Waals surface area contributed by atoms with Crippen molar-refractivity contribution in [1.29, 1.82) is 0 Å². The van der Waals surface area contributed by atoms with E-state index < -0.39 is 27.3 Å². The minimum Gasteiger partial charge on any atom is -0.352 e. The lowest BCUT2D eigenvalue weighted by Gasteiger charge is -2.23. The Hall–Kier alpha value is -3.24. The lowest BCUT2D eigenvalue weighted by atomic mass is 10.0. The summed E-state index contributed by atoms with van der Waals surface area (Å²) in [6, 6.07) is 12.3. The van der Waals surface area contributed by atoms with E-state index in [4.69, 9.17) is 0 Å². The smallest absolute Gasteiger partial charge is 0.330 e. The number of amides is 1. The molecule has 36 heavy (non-hydrogen) atoms. The summed E-state index contributed by atoms with van der Waals surface area (Å²) in [5.74, 6) is -0.367. The second kappa shape index (κ2) is 10.8. The van der Waals surface area contributed by atoms with Crippen molar-refractivity contribution in [2.24, 2.45) is 14.1 Å². The molecule has 2 N–H and O–H groups in total. The van der Waals surface area contributed by atoms with E-state index in [1.54, 1.807) is 0 Å². The number of hydrogen-bond donors (Lipinski definition) is 2. The van der Waals surface area contributed by atoms with Gasteiger partial charge in [0.2, 0.25) is 15.9 Å². The minimum absolute atomic E-state index is 0.0211. The van der Waals surface area contributed by atoms with Gasteiger partial charge in [-0.15, -0.1) is 0 Å². The van der Waals surface area contributed by atoms with Crippen LogP contribution in [0.2, 0.25) is 0 Å². The highest BCUT2D eigenvalue weighted by molar-refractivity contribution is 7.89. The molecule has 10 heteroatoms. The van der Waals surface area contributed by atoms with Crippen molar-refractivity contribution in [1.82, 2.24) is 19.2 Å². The van der Waals surface area contributed by atoms with E-state index in [9.17, 15) is 22.8 Å². The van der Waals surface area contributed by atoms with Gasteiger partial charge in [-0.25, -0.2) is 13.2 Å². The maximum Gasteiger partial charge on any atom is 0.330 e. The maximum atomic E-state index is 13.4. The van der Waals surface area contributed by atoms with Crippen molar-refractivity contribution in [3.63, 3.8) is 0 Å². The third-order valence-corrected chi connectivity index (χ3v) is 8.32. The Morgan fingerprint density at radius 1 is 0.972 bits per heavy atom. The predicted molar refractivity (Wildman–Crippen MR) is 138 cm³/mol. The van der Waals surface area contributed by atoms with Crippen LogP contribution in [0.15, 0.2) is 63.0 Å².